The van der Waals surface area contributed by atoms with Gasteiger partial charge in [0.15, 0.2) is 0 Å². The fraction of sp³-hybridized carbons (Fsp3) is 0.545. The molecule has 0 aliphatic carbocycles. The minimum Gasteiger partial charge on any atom is -0.388 e. The van der Waals surface area contributed by atoms with Crippen LogP contribution < -0.4 is 0 Å². The molecule has 0 spiro atoms. The first-order chi connectivity index (χ1) is 5.76. The summed E-state index contributed by atoms with van der Waals surface area (Å²) in [6.07, 6.45) is 5.04. The second-order valence-corrected chi connectivity index (χ2v) is 2.85. The van der Waals surface area contributed by atoms with Crippen molar-refractivity contribution < 1.29 is 5.11 Å². The molecule has 0 saturated heterocycles. The van der Waals surface area contributed by atoms with Crippen molar-refractivity contribution in [2.45, 2.75) is 38.7 Å². The maximum absolute atomic E-state index is 9.58. The van der Waals surface area contributed by atoms with Crippen LogP contribution in [0.4, 0.5) is 0 Å². The van der Waals surface area contributed by atoms with Gasteiger partial charge in [-0.05, 0) is 12.8 Å². The molecule has 1 unspecified atom stereocenters. The van der Waals surface area contributed by atoms with E-state index in [0.29, 0.717) is 6.42 Å². The maximum atomic E-state index is 9.58. The number of rotatable bonds is 6. The summed E-state index contributed by atoms with van der Waals surface area (Å²) in [4.78, 5) is 0. The molecule has 1 atom stereocenters. The minimum absolute atomic E-state index is 0.375. The van der Waals surface area contributed by atoms with Crippen molar-refractivity contribution in [1.82, 2.24) is 0 Å². The Balaban J connectivity index is 3.94. The van der Waals surface area contributed by atoms with Crippen molar-refractivity contribution in [1.29, 1.82) is 0 Å². The van der Waals surface area contributed by atoms with Gasteiger partial charge in [-0.1, -0.05) is 32.4 Å². The number of hydrogen-bond donors (Lipinski definition) is 1. The zero-order chi connectivity index (χ0) is 9.40. The fourth-order valence-electron chi connectivity index (χ4n) is 1.05. The van der Waals surface area contributed by atoms with Gasteiger partial charge in [-0.3, -0.25) is 0 Å². The lowest BCUT2D eigenvalue weighted by molar-refractivity contribution is 0.195. The molecular weight excluding hydrogens is 148 g/mol. The van der Waals surface area contributed by atoms with E-state index >= 15 is 0 Å². The highest BCUT2D eigenvalue weighted by atomic mass is 16.3. The van der Waals surface area contributed by atoms with Gasteiger partial charge in [0, 0.05) is 5.57 Å². The van der Waals surface area contributed by atoms with Gasteiger partial charge < -0.3 is 5.11 Å². The van der Waals surface area contributed by atoms with Gasteiger partial charge in [-0.25, -0.2) is 0 Å². The molecule has 0 amide bonds. The molecule has 0 aromatic rings. The number of unbranched alkanes of at least 4 members (excludes halogenated alkanes) is 1. The van der Waals surface area contributed by atoms with Crippen LogP contribution in [-0.4, -0.2) is 11.2 Å². The van der Waals surface area contributed by atoms with E-state index in [2.05, 4.69) is 25.8 Å². The Labute approximate surface area is 75.1 Å². The van der Waals surface area contributed by atoms with Crippen molar-refractivity contribution in [2.24, 2.45) is 0 Å². The predicted molar refractivity (Wildman–Crippen MR) is 53.0 cm³/mol. The van der Waals surface area contributed by atoms with Crippen LogP contribution in [0.1, 0.15) is 32.6 Å². The maximum Gasteiger partial charge on any atom is 0.0826 e. The molecule has 0 bridgehead atoms. The van der Waals surface area contributed by atoms with E-state index < -0.39 is 0 Å². The molecule has 0 fully saturated rings. The average molecular weight is 166 g/mol. The molecular formula is C11H18O. The van der Waals surface area contributed by atoms with Gasteiger partial charge in [0.1, 0.15) is 0 Å². The van der Waals surface area contributed by atoms with Crippen molar-refractivity contribution in [2.75, 3.05) is 0 Å². The van der Waals surface area contributed by atoms with Gasteiger partial charge in [-0.15, -0.1) is 12.3 Å². The summed E-state index contributed by atoms with van der Waals surface area (Å²) in [5.74, 6) is 0. The smallest absolute Gasteiger partial charge is 0.0826 e. The van der Waals surface area contributed by atoms with E-state index in [1.807, 2.05) is 0 Å². The molecule has 0 aliphatic rings. The summed E-state index contributed by atoms with van der Waals surface area (Å²) in [5.41, 5.74) is 3.62. The van der Waals surface area contributed by atoms with Crippen LogP contribution in [0.15, 0.2) is 30.5 Å². The Kier molecular flexibility index (Phi) is 6.45. The van der Waals surface area contributed by atoms with Gasteiger partial charge in [0.25, 0.3) is 0 Å². The van der Waals surface area contributed by atoms with E-state index in [9.17, 15) is 5.11 Å². The van der Waals surface area contributed by atoms with Crippen LogP contribution in [0.25, 0.3) is 0 Å². The summed E-state index contributed by atoms with van der Waals surface area (Å²) < 4.78 is 0. The van der Waals surface area contributed by atoms with E-state index in [4.69, 9.17) is 0 Å². The van der Waals surface area contributed by atoms with E-state index in [1.165, 1.54) is 0 Å². The monoisotopic (exact) mass is 166 g/mol. The van der Waals surface area contributed by atoms with Crippen LogP contribution in [0, 0.1) is 0 Å². The highest BCUT2D eigenvalue weighted by Gasteiger charge is 2.07. The first-order valence-electron chi connectivity index (χ1n) is 4.44. The summed E-state index contributed by atoms with van der Waals surface area (Å²) in [6.45, 7) is 9.26. The predicted octanol–water partition coefficient (Wildman–Crippen LogP) is 2.82. The Morgan fingerprint density at radius 3 is 2.75 bits per heavy atom. The lowest BCUT2D eigenvalue weighted by atomic mass is 10.0. The van der Waals surface area contributed by atoms with Crippen LogP contribution in [0.3, 0.4) is 0 Å². The van der Waals surface area contributed by atoms with Crippen molar-refractivity contribution in [3.8, 4) is 0 Å². The Bertz CT molecular complexity index is 175. The summed E-state index contributed by atoms with van der Waals surface area (Å²) >= 11 is 0. The lowest BCUT2D eigenvalue weighted by Crippen LogP contribution is -2.08. The van der Waals surface area contributed by atoms with Gasteiger partial charge in [0.05, 0.1) is 6.10 Å². The number of aliphatic hydroxyl groups excluding tert-OH is 1. The molecule has 0 aromatic carbocycles. The van der Waals surface area contributed by atoms with Crippen molar-refractivity contribution >= 4 is 0 Å². The number of aliphatic hydroxyl groups is 1. The number of hydrogen-bond acceptors (Lipinski definition) is 1. The zero-order valence-electron chi connectivity index (χ0n) is 7.84. The Hall–Kier alpha value is -0.780. The highest BCUT2D eigenvalue weighted by Crippen LogP contribution is 2.12. The third-order valence-electron chi connectivity index (χ3n) is 1.82. The zero-order valence-corrected chi connectivity index (χ0v) is 7.84. The van der Waals surface area contributed by atoms with Crippen molar-refractivity contribution in [3.63, 3.8) is 0 Å². The third kappa shape index (κ3) is 4.17. The summed E-state index contributed by atoms with van der Waals surface area (Å²) in [5, 5.41) is 9.58. The summed E-state index contributed by atoms with van der Waals surface area (Å²) in [6, 6.07) is 0. The molecule has 0 saturated carbocycles. The average Bonchev–Trinajstić information content (AvgIpc) is 2.10. The van der Waals surface area contributed by atoms with Crippen LogP contribution >= 0.6 is 0 Å². The first-order valence-corrected chi connectivity index (χ1v) is 4.44. The van der Waals surface area contributed by atoms with E-state index in [0.717, 1.165) is 24.8 Å². The number of allylic oxidation sites excluding steroid dienone is 1. The first kappa shape index (κ1) is 11.2. The molecule has 0 heterocycles. The topological polar surface area (TPSA) is 20.2 Å². The molecule has 1 nitrogen and oxygen atoms in total. The molecule has 1 N–H and O–H groups in total. The Morgan fingerprint density at radius 2 is 2.33 bits per heavy atom. The van der Waals surface area contributed by atoms with Gasteiger partial charge >= 0.3 is 0 Å². The van der Waals surface area contributed by atoms with E-state index in [1.54, 1.807) is 6.08 Å². The minimum atomic E-state index is -0.375. The second-order valence-electron chi connectivity index (χ2n) is 2.85. The van der Waals surface area contributed by atoms with Crippen LogP contribution in [0.2, 0.25) is 0 Å². The second kappa shape index (κ2) is 6.90. The third-order valence-corrected chi connectivity index (χ3v) is 1.82. The van der Waals surface area contributed by atoms with Crippen molar-refractivity contribution in [3.05, 3.63) is 30.5 Å². The fourth-order valence-corrected chi connectivity index (χ4v) is 1.05. The largest absolute Gasteiger partial charge is 0.388 e. The molecule has 68 valence electrons. The van der Waals surface area contributed by atoms with Crippen LogP contribution in [-0.2, 0) is 0 Å². The highest BCUT2D eigenvalue weighted by molar-refractivity contribution is 5.09. The molecule has 0 rings (SSSR count). The van der Waals surface area contributed by atoms with Crippen LogP contribution in [0.5, 0.6) is 0 Å². The summed E-state index contributed by atoms with van der Waals surface area (Å²) in [7, 11) is 0. The molecule has 1 heteroatoms. The normalized spacial score (nSPS) is 11.8. The molecule has 0 aliphatic heterocycles. The molecule has 12 heavy (non-hydrogen) atoms. The van der Waals surface area contributed by atoms with E-state index in [-0.39, 0.29) is 6.10 Å². The lowest BCUT2D eigenvalue weighted by Gasteiger charge is -2.10. The SMILES string of the molecule is C=C=C(CC=C)C(O)CCCC. The molecule has 0 radical (unpaired) electrons. The standard InChI is InChI=1S/C11H18O/c1-4-7-9-11(12)10(6-3)8-5-2/h5,11-12H,2-4,7-9H2,1H3. The molecule has 0 aromatic heterocycles. The quantitative estimate of drug-likeness (QED) is 0.475. The Morgan fingerprint density at radius 1 is 1.67 bits per heavy atom. The van der Waals surface area contributed by atoms with Gasteiger partial charge in [-0.2, -0.15) is 0 Å². The van der Waals surface area contributed by atoms with Gasteiger partial charge in [0.2, 0.25) is 0 Å².